The maximum absolute atomic E-state index is 11.1. The van der Waals surface area contributed by atoms with E-state index in [1.807, 2.05) is 13.8 Å². The van der Waals surface area contributed by atoms with E-state index in [4.69, 9.17) is 0 Å². The number of hydrogen-bond donors (Lipinski definition) is 0. The second-order valence-electron chi connectivity index (χ2n) is 3.15. The number of ketones is 2. The van der Waals surface area contributed by atoms with Crippen molar-refractivity contribution in [3.8, 4) is 0 Å². The zero-order valence-corrected chi connectivity index (χ0v) is 6.39. The summed E-state index contributed by atoms with van der Waals surface area (Å²) in [7, 11) is 0. The van der Waals surface area contributed by atoms with Crippen LogP contribution in [0.5, 0.6) is 0 Å². The Morgan fingerprint density at radius 1 is 1.10 bits per heavy atom. The van der Waals surface area contributed by atoms with E-state index in [0.29, 0.717) is 12.8 Å². The molecule has 0 radical (unpaired) electrons. The maximum atomic E-state index is 11.1. The minimum Gasteiger partial charge on any atom is -0.300 e. The summed E-state index contributed by atoms with van der Waals surface area (Å²) in [5.41, 5.74) is 0. The number of hydrogen-bond acceptors (Lipinski definition) is 2. The van der Waals surface area contributed by atoms with Crippen molar-refractivity contribution in [3.63, 3.8) is 0 Å². The Morgan fingerprint density at radius 2 is 1.50 bits per heavy atom. The van der Waals surface area contributed by atoms with Crippen LogP contribution >= 0.6 is 0 Å². The Balaban J connectivity index is 2.66. The molecule has 10 heavy (non-hydrogen) atoms. The summed E-state index contributed by atoms with van der Waals surface area (Å²) in [6.07, 6.45) is 0.923. The van der Waals surface area contributed by atoms with Crippen LogP contribution in [0.4, 0.5) is 0 Å². The average Bonchev–Trinajstić information content (AvgIpc) is 1.82. The summed E-state index contributed by atoms with van der Waals surface area (Å²) in [6, 6.07) is 0. The van der Waals surface area contributed by atoms with Gasteiger partial charge in [-0.3, -0.25) is 9.59 Å². The van der Waals surface area contributed by atoms with Crippen LogP contribution in [0.15, 0.2) is 0 Å². The quantitative estimate of drug-likeness (QED) is 0.506. The predicted molar refractivity (Wildman–Crippen MR) is 37.6 cm³/mol. The fourth-order valence-electron chi connectivity index (χ4n) is 1.45. The van der Waals surface area contributed by atoms with Gasteiger partial charge in [-0.05, 0) is 0 Å². The monoisotopic (exact) mass is 140 g/mol. The number of carbonyl (C=O) groups excluding carboxylic acids is 2. The van der Waals surface area contributed by atoms with Gasteiger partial charge in [-0.1, -0.05) is 13.8 Å². The van der Waals surface area contributed by atoms with Gasteiger partial charge < -0.3 is 0 Å². The van der Waals surface area contributed by atoms with Crippen molar-refractivity contribution >= 4 is 11.6 Å². The van der Waals surface area contributed by atoms with Crippen LogP contribution < -0.4 is 0 Å². The fourth-order valence-corrected chi connectivity index (χ4v) is 1.45. The van der Waals surface area contributed by atoms with E-state index < -0.39 is 0 Å². The summed E-state index contributed by atoms with van der Waals surface area (Å²) >= 11 is 0. The highest BCUT2D eigenvalue weighted by Crippen LogP contribution is 2.21. The van der Waals surface area contributed by atoms with Crippen molar-refractivity contribution in [2.75, 3.05) is 0 Å². The molecular weight excluding hydrogens is 128 g/mol. The van der Waals surface area contributed by atoms with E-state index in [2.05, 4.69) is 0 Å². The van der Waals surface area contributed by atoms with Crippen LogP contribution in [0.25, 0.3) is 0 Å². The maximum Gasteiger partial charge on any atom is 0.139 e. The highest BCUT2D eigenvalue weighted by molar-refractivity contribution is 5.95. The van der Waals surface area contributed by atoms with Crippen LogP contribution in [0.3, 0.4) is 0 Å². The van der Waals surface area contributed by atoms with Gasteiger partial charge in [-0.25, -0.2) is 0 Å². The lowest BCUT2D eigenvalue weighted by Gasteiger charge is -2.20. The third kappa shape index (κ3) is 1.25. The molecule has 0 aliphatic heterocycles. The summed E-state index contributed by atoms with van der Waals surface area (Å²) < 4.78 is 0. The van der Waals surface area contributed by atoms with Gasteiger partial charge in [-0.15, -0.1) is 0 Å². The average molecular weight is 140 g/mol. The molecule has 0 saturated heterocycles. The van der Waals surface area contributed by atoms with Gasteiger partial charge in [0.05, 0.1) is 0 Å². The lowest BCUT2D eigenvalue weighted by Crippen LogP contribution is -2.29. The highest BCUT2D eigenvalue weighted by Gasteiger charge is 2.29. The first-order valence-corrected chi connectivity index (χ1v) is 3.66. The molecule has 1 rings (SSSR count). The standard InChI is InChI=1S/C8H12O2/c1-5-3-7(9)4-6(2)8(5)10/h5-6H,3-4H2,1-2H3/t5-,6-/m1/s1. The summed E-state index contributed by atoms with van der Waals surface area (Å²) in [5.74, 6) is 0.423. The van der Waals surface area contributed by atoms with Gasteiger partial charge in [0.2, 0.25) is 0 Å². The summed E-state index contributed by atoms with van der Waals surface area (Å²) in [4.78, 5) is 22.0. The molecule has 0 heterocycles. The van der Waals surface area contributed by atoms with Gasteiger partial charge in [-0.2, -0.15) is 0 Å². The minimum absolute atomic E-state index is 0.0313. The fraction of sp³-hybridized carbons (Fsp3) is 0.750. The third-order valence-electron chi connectivity index (χ3n) is 2.04. The zero-order chi connectivity index (χ0) is 7.72. The van der Waals surface area contributed by atoms with Gasteiger partial charge in [0, 0.05) is 24.7 Å². The molecule has 0 bridgehead atoms. The van der Waals surface area contributed by atoms with E-state index >= 15 is 0 Å². The first-order valence-electron chi connectivity index (χ1n) is 3.66. The van der Waals surface area contributed by atoms with Gasteiger partial charge >= 0.3 is 0 Å². The topological polar surface area (TPSA) is 34.1 Å². The molecule has 0 amide bonds. The summed E-state index contributed by atoms with van der Waals surface area (Å²) in [5, 5.41) is 0. The molecule has 0 aromatic rings. The van der Waals surface area contributed by atoms with E-state index in [-0.39, 0.29) is 23.4 Å². The molecule has 0 aromatic carbocycles. The normalized spacial score (nSPS) is 34.6. The predicted octanol–water partition coefficient (Wildman–Crippen LogP) is 1.19. The Bertz CT molecular complexity index is 156. The Kier molecular flexibility index (Phi) is 1.88. The molecule has 1 aliphatic carbocycles. The molecule has 0 N–H and O–H groups in total. The van der Waals surface area contributed by atoms with E-state index in [0.717, 1.165) is 0 Å². The molecule has 2 atom stereocenters. The molecule has 0 spiro atoms. The molecule has 56 valence electrons. The Hall–Kier alpha value is -0.660. The van der Waals surface area contributed by atoms with Gasteiger partial charge in [0.15, 0.2) is 0 Å². The van der Waals surface area contributed by atoms with Crippen LogP contribution in [0, 0.1) is 11.8 Å². The number of Topliss-reactive ketones (excluding diaryl/α,β-unsaturated/α-hetero) is 2. The first kappa shape index (κ1) is 7.45. The zero-order valence-electron chi connectivity index (χ0n) is 6.39. The molecule has 2 heteroatoms. The summed E-state index contributed by atoms with van der Waals surface area (Å²) in [6.45, 7) is 3.66. The molecule has 0 aromatic heterocycles. The highest BCUT2D eigenvalue weighted by atomic mass is 16.1. The van der Waals surface area contributed by atoms with Gasteiger partial charge in [0.25, 0.3) is 0 Å². The van der Waals surface area contributed by atoms with Crippen molar-refractivity contribution in [1.82, 2.24) is 0 Å². The molecule has 1 aliphatic rings. The van der Waals surface area contributed by atoms with E-state index in [1.165, 1.54) is 0 Å². The largest absolute Gasteiger partial charge is 0.300 e. The van der Waals surface area contributed by atoms with Crippen molar-refractivity contribution in [2.45, 2.75) is 26.7 Å². The Labute approximate surface area is 60.6 Å². The SMILES string of the molecule is C[C@@H]1CC(=O)C[C@@H](C)C1=O. The van der Waals surface area contributed by atoms with Crippen molar-refractivity contribution in [2.24, 2.45) is 11.8 Å². The lowest BCUT2D eigenvalue weighted by atomic mass is 9.81. The van der Waals surface area contributed by atoms with E-state index in [1.54, 1.807) is 0 Å². The smallest absolute Gasteiger partial charge is 0.139 e. The van der Waals surface area contributed by atoms with Crippen LogP contribution in [-0.4, -0.2) is 11.6 Å². The second kappa shape index (κ2) is 2.52. The van der Waals surface area contributed by atoms with Crippen molar-refractivity contribution < 1.29 is 9.59 Å². The molecular formula is C8H12O2. The first-order chi connectivity index (χ1) is 4.61. The van der Waals surface area contributed by atoms with Gasteiger partial charge in [0.1, 0.15) is 11.6 Å². The Morgan fingerprint density at radius 3 is 1.90 bits per heavy atom. The molecule has 1 fully saturated rings. The molecule has 2 nitrogen and oxygen atoms in total. The lowest BCUT2D eigenvalue weighted by molar-refractivity contribution is -0.136. The number of rotatable bonds is 0. The minimum atomic E-state index is -0.0313. The molecule has 0 unspecified atom stereocenters. The van der Waals surface area contributed by atoms with Crippen molar-refractivity contribution in [3.05, 3.63) is 0 Å². The van der Waals surface area contributed by atoms with Crippen LogP contribution in [-0.2, 0) is 9.59 Å². The third-order valence-corrected chi connectivity index (χ3v) is 2.04. The van der Waals surface area contributed by atoms with Crippen molar-refractivity contribution in [1.29, 1.82) is 0 Å². The number of carbonyl (C=O) groups is 2. The molecule has 1 saturated carbocycles. The van der Waals surface area contributed by atoms with Crippen LogP contribution in [0.1, 0.15) is 26.7 Å². The van der Waals surface area contributed by atoms with Crippen LogP contribution in [0.2, 0.25) is 0 Å². The second-order valence-corrected chi connectivity index (χ2v) is 3.15. The van der Waals surface area contributed by atoms with E-state index in [9.17, 15) is 9.59 Å².